The van der Waals surface area contributed by atoms with E-state index in [1.54, 1.807) is 7.11 Å². The summed E-state index contributed by atoms with van der Waals surface area (Å²) in [6.45, 7) is 5.08. The molecule has 3 rings (SSSR count). The lowest BCUT2D eigenvalue weighted by Gasteiger charge is -2.38. The summed E-state index contributed by atoms with van der Waals surface area (Å²) in [5, 5.41) is 3.43. The van der Waals surface area contributed by atoms with E-state index in [1.807, 2.05) is 35.2 Å². The molecule has 1 unspecified atom stereocenters. The number of hydrogen-bond donors (Lipinski definition) is 1. The number of carbonyl (C=O) groups is 1. The van der Waals surface area contributed by atoms with Crippen molar-refractivity contribution in [1.82, 2.24) is 10.2 Å². The highest BCUT2D eigenvalue weighted by atomic mass is 16.5. The topological polar surface area (TPSA) is 50.8 Å². The summed E-state index contributed by atoms with van der Waals surface area (Å²) in [7, 11) is 1.75. The number of ether oxygens (including phenoxy) is 2. The van der Waals surface area contributed by atoms with Crippen molar-refractivity contribution < 1.29 is 14.3 Å². The molecule has 0 aliphatic carbocycles. The fourth-order valence-electron chi connectivity index (χ4n) is 4.07. The summed E-state index contributed by atoms with van der Waals surface area (Å²) < 4.78 is 11.1. The molecule has 1 spiro atoms. The Bertz CT molecular complexity index is 529. The van der Waals surface area contributed by atoms with Crippen LogP contribution in [-0.4, -0.2) is 57.3 Å². The van der Waals surface area contributed by atoms with Crippen molar-refractivity contribution in [1.29, 1.82) is 0 Å². The maximum Gasteiger partial charge on any atom is 0.248 e. The van der Waals surface area contributed by atoms with Crippen molar-refractivity contribution in [2.45, 2.75) is 19.4 Å². The molecular weight excluding hydrogens is 304 g/mol. The zero-order chi connectivity index (χ0) is 16.8. The van der Waals surface area contributed by atoms with Crippen molar-refractivity contribution in [3.05, 3.63) is 35.9 Å². The monoisotopic (exact) mass is 332 g/mol. The van der Waals surface area contributed by atoms with Crippen LogP contribution in [0, 0.1) is 11.3 Å². The number of nitrogens with zero attached hydrogens (tertiary/aromatic N) is 1. The normalized spacial score (nSPS) is 22.9. The second-order valence-corrected chi connectivity index (χ2v) is 7.02. The van der Waals surface area contributed by atoms with Crippen molar-refractivity contribution in [2.75, 3.05) is 46.5 Å². The maximum atomic E-state index is 12.6. The van der Waals surface area contributed by atoms with E-state index in [9.17, 15) is 4.79 Å². The average molecular weight is 332 g/mol. The van der Waals surface area contributed by atoms with Gasteiger partial charge in [0.2, 0.25) is 5.91 Å². The third-order valence-corrected chi connectivity index (χ3v) is 5.47. The summed E-state index contributed by atoms with van der Waals surface area (Å²) in [5.74, 6) is 0.533. The number of piperidine rings is 1. The Hall–Kier alpha value is -1.43. The molecule has 2 aliphatic heterocycles. The highest BCUT2D eigenvalue weighted by Crippen LogP contribution is 2.43. The zero-order valence-corrected chi connectivity index (χ0v) is 14.5. The van der Waals surface area contributed by atoms with Gasteiger partial charge >= 0.3 is 0 Å². The van der Waals surface area contributed by atoms with Crippen LogP contribution in [0.2, 0.25) is 0 Å². The first kappa shape index (κ1) is 17.4. The number of benzene rings is 1. The lowest BCUT2D eigenvalue weighted by atomic mass is 9.71. The van der Waals surface area contributed by atoms with Gasteiger partial charge in [-0.1, -0.05) is 30.3 Å². The van der Waals surface area contributed by atoms with Crippen LogP contribution in [0.3, 0.4) is 0 Å². The largest absolute Gasteiger partial charge is 0.384 e. The van der Waals surface area contributed by atoms with Gasteiger partial charge in [-0.15, -0.1) is 0 Å². The molecule has 132 valence electrons. The Kier molecular flexibility index (Phi) is 5.87. The molecule has 1 amide bonds. The molecular formula is C19H28N2O3. The molecule has 2 heterocycles. The molecule has 1 N–H and O–H groups in total. The number of rotatable bonds is 6. The minimum Gasteiger partial charge on any atom is -0.384 e. The molecule has 5 heteroatoms. The summed E-state index contributed by atoms with van der Waals surface area (Å²) in [6, 6.07) is 9.97. The van der Waals surface area contributed by atoms with Gasteiger partial charge in [0.05, 0.1) is 13.2 Å². The van der Waals surface area contributed by atoms with E-state index in [0.717, 1.165) is 51.2 Å². The predicted octanol–water partition coefficient (Wildman–Crippen LogP) is 1.68. The van der Waals surface area contributed by atoms with Gasteiger partial charge in [-0.2, -0.15) is 0 Å². The van der Waals surface area contributed by atoms with Crippen molar-refractivity contribution in [3.8, 4) is 0 Å². The first-order valence-electron chi connectivity index (χ1n) is 8.83. The van der Waals surface area contributed by atoms with Crippen LogP contribution < -0.4 is 5.32 Å². The summed E-state index contributed by atoms with van der Waals surface area (Å²) in [5.41, 5.74) is 1.31. The number of likely N-dealkylation sites (tertiary alicyclic amines) is 1. The number of carbonyl (C=O) groups excluding carboxylic acids is 1. The average Bonchev–Trinajstić information content (AvgIpc) is 2.95. The fourth-order valence-corrected chi connectivity index (χ4v) is 4.07. The van der Waals surface area contributed by atoms with E-state index in [0.29, 0.717) is 12.5 Å². The van der Waals surface area contributed by atoms with Crippen LogP contribution in [0.1, 0.15) is 18.4 Å². The van der Waals surface area contributed by atoms with E-state index in [-0.39, 0.29) is 17.9 Å². The Morgan fingerprint density at radius 1 is 1.29 bits per heavy atom. The molecule has 5 nitrogen and oxygen atoms in total. The molecule has 2 fully saturated rings. The van der Waals surface area contributed by atoms with E-state index >= 15 is 0 Å². The molecule has 0 saturated carbocycles. The molecule has 24 heavy (non-hydrogen) atoms. The summed E-state index contributed by atoms with van der Waals surface area (Å²) in [6.07, 6.45) is 2.24. The smallest absolute Gasteiger partial charge is 0.248 e. The molecule has 2 aliphatic rings. The SMILES string of the molecule is COCC1CN(C(=O)COCc2ccccc2)CC12CCNCC2. The molecule has 0 bridgehead atoms. The van der Waals surface area contributed by atoms with Crippen LogP contribution >= 0.6 is 0 Å². The Labute approximate surface area is 144 Å². The molecule has 1 aromatic rings. The highest BCUT2D eigenvalue weighted by molar-refractivity contribution is 5.77. The summed E-state index contributed by atoms with van der Waals surface area (Å²) in [4.78, 5) is 14.5. The number of hydrogen-bond acceptors (Lipinski definition) is 4. The van der Waals surface area contributed by atoms with Crippen molar-refractivity contribution in [3.63, 3.8) is 0 Å². The van der Waals surface area contributed by atoms with E-state index < -0.39 is 0 Å². The highest BCUT2D eigenvalue weighted by Gasteiger charge is 2.47. The zero-order valence-electron chi connectivity index (χ0n) is 14.5. The minimum absolute atomic E-state index is 0.0995. The molecule has 1 aromatic carbocycles. The predicted molar refractivity (Wildman–Crippen MR) is 92.6 cm³/mol. The van der Waals surface area contributed by atoms with Gasteiger partial charge in [-0.3, -0.25) is 4.79 Å². The van der Waals surface area contributed by atoms with Gasteiger partial charge in [-0.25, -0.2) is 0 Å². The second-order valence-electron chi connectivity index (χ2n) is 7.02. The third-order valence-electron chi connectivity index (χ3n) is 5.47. The Morgan fingerprint density at radius 2 is 2.04 bits per heavy atom. The number of amides is 1. The van der Waals surface area contributed by atoms with Crippen LogP contribution in [0.15, 0.2) is 30.3 Å². The van der Waals surface area contributed by atoms with Gasteiger partial charge in [0.1, 0.15) is 6.61 Å². The van der Waals surface area contributed by atoms with Gasteiger partial charge in [0, 0.05) is 26.1 Å². The standard InChI is InChI=1S/C19H28N2O3/c1-23-13-17-11-21(15-19(17)7-9-20-10-8-19)18(22)14-24-12-16-5-3-2-4-6-16/h2-6,17,20H,7-15H2,1H3. The van der Waals surface area contributed by atoms with Gasteiger partial charge < -0.3 is 19.7 Å². The van der Waals surface area contributed by atoms with Gasteiger partial charge in [0.25, 0.3) is 0 Å². The lowest BCUT2D eigenvalue weighted by Crippen LogP contribution is -2.43. The number of nitrogens with one attached hydrogen (secondary N) is 1. The molecule has 0 radical (unpaired) electrons. The van der Waals surface area contributed by atoms with Gasteiger partial charge in [0.15, 0.2) is 0 Å². The molecule has 0 aromatic heterocycles. The fraction of sp³-hybridized carbons (Fsp3) is 0.632. The Morgan fingerprint density at radius 3 is 2.75 bits per heavy atom. The first-order valence-corrected chi connectivity index (χ1v) is 8.83. The van der Waals surface area contributed by atoms with E-state index in [4.69, 9.17) is 9.47 Å². The summed E-state index contributed by atoms with van der Waals surface area (Å²) >= 11 is 0. The van der Waals surface area contributed by atoms with Crippen LogP contribution in [0.4, 0.5) is 0 Å². The lowest BCUT2D eigenvalue weighted by molar-refractivity contribution is -0.136. The van der Waals surface area contributed by atoms with Crippen LogP contribution in [0.25, 0.3) is 0 Å². The van der Waals surface area contributed by atoms with Crippen molar-refractivity contribution >= 4 is 5.91 Å². The first-order chi connectivity index (χ1) is 11.7. The Balaban J connectivity index is 1.53. The maximum absolute atomic E-state index is 12.6. The van der Waals surface area contributed by atoms with Gasteiger partial charge in [-0.05, 0) is 36.9 Å². The number of methoxy groups -OCH3 is 1. The minimum atomic E-state index is 0.0995. The second kappa shape index (κ2) is 8.10. The van der Waals surface area contributed by atoms with E-state index in [2.05, 4.69) is 5.32 Å². The van der Waals surface area contributed by atoms with Crippen LogP contribution in [0.5, 0.6) is 0 Å². The van der Waals surface area contributed by atoms with Crippen LogP contribution in [-0.2, 0) is 20.9 Å². The molecule has 2 saturated heterocycles. The third kappa shape index (κ3) is 3.97. The quantitative estimate of drug-likeness (QED) is 0.861. The van der Waals surface area contributed by atoms with E-state index in [1.165, 1.54) is 0 Å². The van der Waals surface area contributed by atoms with Crippen molar-refractivity contribution in [2.24, 2.45) is 11.3 Å². The molecule has 1 atom stereocenters.